The predicted octanol–water partition coefficient (Wildman–Crippen LogP) is -0.210. The van der Waals surface area contributed by atoms with Gasteiger partial charge in [-0.2, -0.15) is 0 Å². The Labute approximate surface area is 85.8 Å². The Hall–Kier alpha value is -0.610. The van der Waals surface area contributed by atoms with Crippen LogP contribution in [0.3, 0.4) is 0 Å². The minimum Gasteiger partial charge on any atom is -0.339 e. The van der Waals surface area contributed by atoms with Crippen LogP contribution < -0.4 is 11.1 Å². The molecule has 4 nitrogen and oxygen atoms in total. The lowest BCUT2D eigenvalue weighted by Crippen LogP contribution is -2.56. The highest BCUT2D eigenvalue weighted by Crippen LogP contribution is 2.06. The van der Waals surface area contributed by atoms with Crippen molar-refractivity contribution in [1.82, 2.24) is 10.2 Å². The Morgan fingerprint density at radius 2 is 2.21 bits per heavy atom. The molecule has 2 atom stereocenters. The number of carbonyl (C=O) groups excluding carboxylic acids is 1. The average Bonchev–Trinajstić information content (AvgIpc) is 2.15. The van der Waals surface area contributed by atoms with Gasteiger partial charge in [0.15, 0.2) is 0 Å². The summed E-state index contributed by atoms with van der Waals surface area (Å²) < 4.78 is 0. The van der Waals surface area contributed by atoms with Gasteiger partial charge in [-0.05, 0) is 12.8 Å². The monoisotopic (exact) mass is 199 g/mol. The fraction of sp³-hybridized carbons (Fsp3) is 0.900. The Morgan fingerprint density at radius 1 is 1.57 bits per heavy atom. The molecule has 0 bridgehead atoms. The van der Waals surface area contributed by atoms with Gasteiger partial charge in [-0.25, -0.2) is 0 Å². The third-order valence-corrected chi connectivity index (χ3v) is 2.68. The fourth-order valence-corrected chi connectivity index (χ4v) is 1.63. The van der Waals surface area contributed by atoms with E-state index in [9.17, 15) is 4.79 Å². The molecular formula is C10H21N3O. The van der Waals surface area contributed by atoms with Crippen LogP contribution in [0.1, 0.15) is 20.8 Å². The van der Waals surface area contributed by atoms with E-state index in [1.165, 1.54) is 0 Å². The maximum atomic E-state index is 11.9. The quantitative estimate of drug-likeness (QED) is 0.647. The van der Waals surface area contributed by atoms with E-state index in [1.807, 2.05) is 18.7 Å². The zero-order chi connectivity index (χ0) is 10.7. The Morgan fingerprint density at radius 3 is 2.71 bits per heavy atom. The molecule has 3 N–H and O–H groups in total. The van der Waals surface area contributed by atoms with Gasteiger partial charge in [0.05, 0.1) is 6.04 Å². The smallest absolute Gasteiger partial charge is 0.239 e. The van der Waals surface area contributed by atoms with E-state index in [0.29, 0.717) is 6.04 Å². The number of nitrogens with zero attached hydrogens (tertiary/aromatic N) is 1. The Balaban J connectivity index is 2.51. The highest BCUT2D eigenvalue weighted by atomic mass is 16.2. The average molecular weight is 199 g/mol. The number of hydrogen-bond acceptors (Lipinski definition) is 3. The van der Waals surface area contributed by atoms with Gasteiger partial charge in [-0.1, -0.05) is 13.8 Å². The number of rotatable bonds is 2. The molecule has 0 spiro atoms. The van der Waals surface area contributed by atoms with Crippen molar-refractivity contribution < 1.29 is 4.79 Å². The minimum absolute atomic E-state index is 0.0911. The zero-order valence-corrected chi connectivity index (χ0v) is 9.29. The van der Waals surface area contributed by atoms with Gasteiger partial charge in [-0.3, -0.25) is 4.79 Å². The van der Waals surface area contributed by atoms with Crippen LogP contribution in [0.4, 0.5) is 0 Å². The Kier molecular flexibility index (Phi) is 3.89. The minimum atomic E-state index is -0.347. The topological polar surface area (TPSA) is 58.4 Å². The first-order valence-electron chi connectivity index (χ1n) is 5.30. The lowest BCUT2D eigenvalue weighted by molar-refractivity contribution is -0.134. The molecule has 1 saturated heterocycles. The molecule has 1 aliphatic rings. The van der Waals surface area contributed by atoms with Gasteiger partial charge in [0.2, 0.25) is 5.91 Å². The van der Waals surface area contributed by atoms with Crippen LogP contribution in [-0.2, 0) is 4.79 Å². The molecule has 0 aromatic rings. The first kappa shape index (κ1) is 11.5. The Bertz CT molecular complexity index is 206. The van der Waals surface area contributed by atoms with Crippen LogP contribution in [0.2, 0.25) is 0 Å². The molecule has 82 valence electrons. The van der Waals surface area contributed by atoms with E-state index in [0.717, 1.165) is 19.6 Å². The molecule has 0 aliphatic carbocycles. The molecule has 0 radical (unpaired) electrons. The number of carbonyl (C=O) groups is 1. The first-order valence-corrected chi connectivity index (χ1v) is 5.30. The van der Waals surface area contributed by atoms with Crippen LogP contribution in [0.25, 0.3) is 0 Å². The van der Waals surface area contributed by atoms with Crippen molar-refractivity contribution in [3.05, 3.63) is 0 Å². The maximum absolute atomic E-state index is 11.9. The van der Waals surface area contributed by atoms with Crippen LogP contribution in [0.5, 0.6) is 0 Å². The highest BCUT2D eigenvalue weighted by Gasteiger charge is 2.26. The van der Waals surface area contributed by atoms with Gasteiger partial charge in [-0.15, -0.1) is 0 Å². The largest absolute Gasteiger partial charge is 0.339 e. The van der Waals surface area contributed by atoms with Crippen LogP contribution >= 0.6 is 0 Å². The SMILES string of the molecule is CC(C)C(N)C(=O)N1CCN[C@H](C)C1. The number of nitrogens with one attached hydrogen (secondary N) is 1. The third kappa shape index (κ3) is 2.69. The summed E-state index contributed by atoms with van der Waals surface area (Å²) in [6.07, 6.45) is 0. The van der Waals surface area contributed by atoms with Crippen molar-refractivity contribution in [3.63, 3.8) is 0 Å². The molecule has 1 fully saturated rings. The maximum Gasteiger partial charge on any atom is 0.239 e. The van der Waals surface area contributed by atoms with Gasteiger partial charge in [0, 0.05) is 25.7 Å². The van der Waals surface area contributed by atoms with Crippen LogP contribution in [0, 0.1) is 5.92 Å². The predicted molar refractivity (Wildman–Crippen MR) is 56.9 cm³/mol. The summed E-state index contributed by atoms with van der Waals surface area (Å²) in [6, 6.07) is 0.0346. The molecule has 1 rings (SSSR count). The molecule has 1 aliphatic heterocycles. The van der Waals surface area contributed by atoms with E-state index in [-0.39, 0.29) is 17.9 Å². The second-order valence-electron chi connectivity index (χ2n) is 4.41. The lowest BCUT2D eigenvalue weighted by Gasteiger charge is -2.34. The normalized spacial score (nSPS) is 25.2. The summed E-state index contributed by atoms with van der Waals surface area (Å²) in [5.41, 5.74) is 5.82. The summed E-state index contributed by atoms with van der Waals surface area (Å²) in [7, 11) is 0. The summed E-state index contributed by atoms with van der Waals surface area (Å²) in [4.78, 5) is 13.7. The number of nitrogens with two attached hydrogens (primary N) is 1. The van der Waals surface area contributed by atoms with E-state index in [1.54, 1.807) is 0 Å². The van der Waals surface area contributed by atoms with Crippen molar-refractivity contribution in [2.24, 2.45) is 11.7 Å². The fourth-order valence-electron chi connectivity index (χ4n) is 1.63. The summed E-state index contributed by atoms with van der Waals surface area (Å²) >= 11 is 0. The lowest BCUT2D eigenvalue weighted by atomic mass is 10.0. The van der Waals surface area contributed by atoms with E-state index in [4.69, 9.17) is 5.73 Å². The molecule has 1 amide bonds. The van der Waals surface area contributed by atoms with Gasteiger partial charge in [0.25, 0.3) is 0 Å². The zero-order valence-electron chi connectivity index (χ0n) is 9.29. The third-order valence-electron chi connectivity index (χ3n) is 2.68. The summed E-state index contributed by atoms with van der Waals surface area (Å²) in [6.45, 7) is 8.48. The van der Waals surface area contributed by atoms with Crippen molar-refractivity contribution >= 4 is 5.91 Å². The van der Waals surface area contributed by atoms with E-state index in [2.05, 4.69) is 12.2 Å². The van der Waals surface area contributed by atoms with Gasteiger partial charge < -0.3 is 16.0 Å². The molecule has 0 saturated carbocycles. The molecule has 0 aromatic carbocycles. The van der Waals surface area contributed by atoms with Gasteiger partial charge in [0.1, 0.15) is 0 Å². The standard InChI is InChI=1S/C10H21N3O/c1-7(2)9(11)10(14)13-5-4-12-8(3)6-13/h7-9,12H,4-6,11H2,1-3H3/t8-,9?/m1/s1. The molecule has 0 aromatic heterocycles. The van der Waals surface area contributed by atoms with Crippen LogP contribution in [-0.4, -0.2) is 42.5 Å². The first-order chi connectivity index (χ1) is 6.52. The van der Waals surface area contributed by atoms with Crippen molar-refractivity contribution in [2.75, 3.05) is 19.6 Å². The molecule has 4 heteroatoms. The van der Waals surface area contributed by atoms with E-state index < -0.39 is 0 Å². The number of piperazine rings is 1. The van der Waals surface area contributed by atoms with Crippen molar-refractivity contribution in [2.45, 2.75) is 32.9 Å². The molecule has 1 unspecified atom stereocenters. The van der Waals surface area contributed by atoms with Crippen molar-refractivity contribution in [3.8, 4) is 0 Å². The van der Waals surface area contributed by atoms with Crippen LogP contribution in [0.15, 0.2) is 0 Å². The number of amides is 1. The highest BCUT2D eigenvalue weighted by molar-refractivity contribution is 5.82. The van der Waals surface area contributed by atoms with Gasteiger partial charge >= 0.3 is 0 Å². The molecule has 14 heavy (non-hydrogen) atoms. The molecule has 1 heterocycles. The van der Waals surface area contributed by atoms with Crippen molar-refractivity contribution in [1.29, 1.82) is 0 Å². The second-order valence-corrected chi connectivity index (χ2v) is 4.41. The second kappa shape index (κ2) is 4.75. The number of hydrogen-bond donors (Lipinski definition) is 2. The molecular weight excluding hydrogens is 178 g/mol. The van der Waals surface area contributed by atoms with E-state index >= 15 is 0 Å². The summed E-state index contributed by atoms with van der Waals surface area (Å²) in [5, 5.41) is 3.30. The summed E-state index contributed by atoms with van der Waals surface area (Å²) in [5.74, 6) is 0.307.